The first-order chi connectivity index (χ1) is 9.76. The Morgan fingerprint density at radius 1 is 1.30 bits per heavy atom. The lowest BCUT2D eigenvalue weighted by molar-refractivity contribution is 0.315. The maximum Gasteiger partial charge on any atom is 0.137 e. The van der Waals surface area contributed by atoms with Crippen molar-refractivity contribution in [2.75, 3.05) is 12.3 Å². The van der Waals surface area contributed by atoms with E-state index in [-0.39, 0.29) is 6.04 Å². The number of hydrogen-bond acceptors (Lipinski definition) is 5. The lowest BCUT2D eigenvalue weighted by Crippen LogP contribution is -2.29. The molecule has 2 aromatic rings. The summed E-state index contributed by atoms with van der Waals surface area (Å²) >= 11 is 0. The first-order valence-corrected chi connectivity index (χ1v) is 6.64. The van der Waals surface area contributed by atoms with Crippen LogP contribution < -0.4 is 21.7 Å². The van der Waals surface area contributed by atoms with Gasteiger partial charge in [-0.15, -0.1) is 0 Å². The average molecular weight is 272 g/mol. The van der Waals surface area contributed by atoms with Crippen molar-refractivity contribution in [1.29, 1.82) is 0 Å². The minimum absolute atomic E-state index is 0.214. The second kappa shape index (κ2) is 6.88. The molecule has 0 bridgehead atoms. The van der Waals surface area contributed by atoms with Crippen LogP contribution in [0.1, 0.15) is 30.5 Å². The zero-order chi connectivity index (χ0) is 14.4. The fourth-order valence-corrected chi connectivity index (χ4v) is 2.03. The van der Waals surface area contributed by atoms with Crippen molar-refractivity contribution in [3.63, 3.8) is 0 Å². The summed E-state index contributed by atoms with van der Waals surface area (Å²) in [6, 6.07) is 9.34. The van der Waals surface area contributed by atoms with Gasteiger partial charge in [-0.05, 0) is 29.7 Å². The quantitative estimate of drug-likeness (QED) is 0.425. The Kier molecular flexibility index (Phi) is 4.92. The van der Waals surface area contributed by atoms with Gasteiger partial charge in [-0.3, -0.25) is 10.8 Å². The molecule has 0 aliphatic heterocycles. The molecule has 1 aromatic carbocycles. The fourth-order valence-electron chi connectivity index (χ4n) is 2.03. The maximum atomic E-state index is 6.01. The summed E-state index contributed by atoms with van der Waals surface area (Å²) in [5.74, 6) is 6.42. The zero-order valence-electron chi connectivity index (χ0n) is 11.5. The predicted octanol–water partition coefficient (Wildman–Crippen LogP) is 2.01. The van der Waals surface area contributed by atoms with Crippen molar-refractivity contribution in [3.8, 4) is 5.75 Å². The van der Waals surface area contributed by atoms with Crippen LogP contribution in [0.3, 0.4) is 0 Å². The third kappa shape index (κ3) is 3.26. The second-order valence-electron chi connectivity index (χ2n) is 4.53. The van der Waals surface area contributed by atoms with E-state index >= 15 is 0 Å². The predicted molar refractivity (Wildman–Crippen MR) is 80.0 cm³/mol. The van der Waals surface area contributed by atoms with Gasteiger partial charge >= 0.3 is 0 Å². The standard InChI is InChI=1S/C15H20N4O/c1-2-7-20-12-8-11(9-18-10-12)15(19-17)13-5-3-4-6-14(13)16/h3-6,8-10,15,19H,2,7,16-17H2,1H3. The van der Waals surface area contributed by atoms with Crippen molar-refractivity contribution in [2.45, 2.75) is 19.4 Å². The topological polar surface area (TPSA) is 86.2 Å². The molecule has 0 fully saturated rings. The van der Waals surface area contributed by atoms with Gasteiger partial charge in [-0.25, -0.2) is 5.43 Å². The van der Waals surface area contributed by atoms with Crippen LogP contribution >= 0.6 is 0 Å². The van der Waals surface area contributed by atoms with E-state index < -0.39 is 0 Å². The molecule has 106 valence electrons. The van der Waals surface area contributed by atoms with Gasteiger partial charge in [-0.2, -0.15) is 0 Å². The van der Waals surface area contributed by atoms with E-state index in [1.807, 2.05) is 30.3 Å². The molecular formula is C15H20N4O. The van der Waals surface area contributed by atoms with Gasteiger partial charge in [0.1, 0.15) is 5.75 Å². The van der Waals surface area contributed by atoms with Gasteiger partial charge < -0.3 is 10.5 Å². The summed E-state index contributed by atoms with van der Waals surface area (Å²) in [7, 11) is 0. The Bertz CT molecular complexity index is 559. The highest BCUT2D eigenvalue weighted by Crippen LogP contribution is 2.27. The first kappa shape index (κ1) is 14.3. The van der Waals surface area contributed by atoms with Crippen LogP contribution in [-0.2, 0) is 0 Å². The zero-order valence-corrected chi connectivity index (χ0v) is 11.5. The molecular weight excluding hydrogens is 252 g/mol. The molecule has 5 nitrogen and oxygen atoms in total. The number of hydrazine groups is 1. The summed E-state index contributed by atoms with van der Waals surface area (Å²) in [6.07, 6.45) is 4.41. The third-order valence-electron chi connectivity index (χ3n) is 3.01. The molecule has 0 amide bonds. The molecule has 0 spiro atoms. The minimum Gasteiger partial charge on any atom is -0.492 e. The maximum absolute atomic E-state index is 6.01. The Labute approximate surface area is 118 Å². The molecule has 20 heavy (non-hydrogen) atoms. The number of ether oxygens (including phenoxy) is 1. The molecule has 1 atom stereocenters. The highest BCUT2D eigenvalue weighted by atomic mass is 16.5. The number of pyridine rings is 1. The first-order valence-electron chi connectivity index (χ1n) is 6.64. The van der Waals surface area contributed by atoms with Crippen LogP contribution in [0, 0.1) is 0 Å². The Morgan fingerprint density at radius 3 is 2.80 bits per heavy atom. The van der Waals surface area contributed by atoms with E-state index in [1.165, 1.54) is 0 Å². The molecule has 0 aliphatic carbocycles. The van der Waals surface area contributed by atoms with Crippen LogP contribution in [0.2, 0.25) is 0 Å². The van der Waals surface area contributed by atoms with E-state index in [0.29, 0.717) is 12.3 Å². The van der Waals surface area contributed by atoms with Gasteiger partial charge in [0.25, 0.3) is 0 Å². The number of nitrogen functional groups attached to an aromatic ring is 1. The van der Waals surface area contributed by atoms with E-state index in [2.05, 4.69) is 17.3 Å². The lowest BCUT2D eigenvalue weighted by atomic mass is 9.99. The number of para-hydroxylation sites is 1. The Morgan fingerprint density at radius 2 is 2.10 bits per heavy atom. The van der Waals surface area contributed by atoms with Crippen molar-refractivity contribution >= 4 is 5.69 Å². The monoisotopic (exact) mass is 272 g/mol. The van der Waals surface area contributed by atoms with E-state index in [9.17, 15) is 0 Å². The number of hydrogen-bond donors (Lipinski definition) is 3. The fraction of sp³-hybridized carbons (Fsp3) is 0.267. The normalized spacial score (nSPS) is 12.1. The van der Waals surface area contributed by atoms with Gasteiger partial charge in [0.15, 0.2) is 0 Å². The van der Waals surface area contributed by atoms with Crippen molar-refractivity contribution in [1.82, 2.24) is 10.4 Å². The van der Waals surface area contributed by atoms with Crippen LogP contribution in [0.5, 0.6) is 5.75 Å². The Hall–Kier alpha value is -2.11. The van der Waals surface area contributed by atoms with Gasteiger partial charge in [0.2, 0.25) is 0 Å². The van der Waals surface area contributed by atoms with Crippen LogP contribution in [0.4, 0.5) is 5.69 Å². The van der Waals surface area contributed by atoms with E-state index in [1.54, 1.807) is 12.4 Å². The molecule has 1 aromatic heterocycles. The van der Waals surface area contributed by atoms with Crippen LogP contribution in [-0.4, -0.2) is 11.6 Å². The van der Waals surface area contributed by atoms with E-state index in [4.69, 9.17) is 16.3 Å². The number of nitrogens with one attached hydrogen (secondary N) is 1. The molecule has 0 saturated heterocycles. The average Bonchev–Trinajstić information content (AvgIpc) is 2.48. The van der Waals surface area contributed by atoms with Crippen LogP contribution in [0.15, 0.2) is 42.7 Å². The van der Waals surface area contributed by atoms with Crippen molar-refractivity contribution < 1.29 is 4.74 Å². The number of nitrogens with zero attached hydrogens (tertiary/aromatic N) is 1. The summed E-state index contributed by atoms with van der Waals surface area (Å²) < 4.78 is 5.59. The molecule has 1 heterocycles. The number of rotatable bonds is 6. The number of anilines is 1. The van der Waals surface area contributed by atoms with Gasteiger partial charge in [0, 0.05) is 11.9 Å². The molecule has 0 aliphatic rings. The molecule has 5 heteroatoms. The highest BCUT2D eigenvalue weighted by Gasteiger charge is 2.15. The Balaban J connectivity index is 2.30. The lowest BCUT2D eigenvalue weighted by Gasteiger charge is -2.19. The smallest absolute Gasteiger partial charge is 0.137 e. The van der Waals surface area contributed by atoms with Gasteiger partial charge in [0.05, 0.1) is 18.8 Å². The van der Waals surface area contributed by atoms with Gasteiger partial charge in [-0.1, -0.05) is 25.1 Å². The molecule has 5 N–H and O–H groups in total. The second-order valence-corrected chi connectivity index (χ2v) is 4.53. The van der Waals surface area contributed by atoms with Crippen molar-refractivity contribution in [3.05, 3.63) is 53.9 Å². The van der Waals surface area contributed by atoms with Crippen LogP contribution in [0.25, 0.3) is 0 Å². The minimum atomic E-state index is -0.214. The number of benzene rings is 1. The molecule has 0 saturated carbocycles. The van der Waals surface area contributed by atoms with E-state index in [0.717, 1.165) is 23.3 Å². The number of nitrogens with two attached hydrogens (primary N) is 2. The third-order valence-corrected chi connectivity index (χ3v) is 3.01. The van der Waals surface area contributed by atoms with Crippen molar-refractivity contribution in [2.24, 2.45) is 5.84 Å². The summed E-state index contributed by atoms with van der Waals surface area (Å²) in [6.45, 7) is 2.73. The number of aromatic nitrogens is 1. The summed E-state index contributed by atoms with van der Waals surface area (Å²) in [5.41, 5.74) is 11.3. The highest BCUT2D eigenvalue weighted by molar-refractivity contribution is 5.51. The molecule has 2 rings (SSSR count). The SMILES string of the molecule is CCCOc1cncc(C(NN)c2ccccc2N)c1. The molecule has 1 unspecified atom stereocenters. The summed E-state index contributed by atoms with van der Waals surface area (Å²) in [4.78, 5) is 4.20. The molecule has 0 radical (unpaired) electrons. The largest absolute Gasteiger partial charge is 0.492 e. The summed E-state index contributed by atoms with van der Waals surface area (Å²) in [5, 5.41) is 0.